The molecule has 2 aromatic heterocycles. The normalized spacial score (nSPS) is 16.5. The molecule has 2 aliphatic heterocycles. The largest absolute Gasteiger partial charge is 0.492 e. The Kier molecular flexibility index (Phi) is 5.65. The van der Waals surface area contributed by atoms with Crippen LogP contribution in [0.15, 0.2) is 48.1 Å². The van der Waals surface area contributed by atoms with Crippen LogP contribution in [0.5, 0.6) is 5.75 Å². The minimum absolute atomic E-state index is 0.247. The van der Waals surface area contributed by atoms with E-state index < -0.39 is 12.0 Å². The highest BCUT2D eigenvalue weighted by Crippen LogP contribution is 2.30. The maximum Gasteiger partial charge on any atom is 0.453 e. The lowest BCUT2D eigenvalue weighted by atomic mass is 10.2. The summed E-state index contributed by atoms with van der Waals surface area (Å²) < 4.78 is 48.1. The van der Waals surface area contributed by atoms with E-state index in [4.69, 9.17) is 4.74 Å². The molecular weight excluding hydrogens is 437 g/mol. The van der Waals surface area contributed by atoms with Crippen LogP contribution >= 0.6 is 0 Å². The second-order valence-corrected chi connectivity index (χ2v) is 7.88. The Bertz CT molecular complexity index is 1100. The fourth-order valence-corrected chi connectivity index (χ4v) is 4.02. The van der Waals surface area contributed by atoms with Crippen LogP contribution in [-0.4, -0.2) is 67.9 Å². The first-order valence-electron chi connectivity index (χ1n) is 10.8. The van der Waals surface area contributed by atoms with Gasteiger partial charge in [0.1, 0.15) is 18.2 Å². The van der Waals surface area contributed by atoms with Crippen molar-refractivity contribution in [3.63, 3.8) is 0 Å². The van der Waals surface area contributed by atoms with Crippen LogP contribution in [0.3, 0.4) is 0 Å². The summed E-state index contributed by atoms with van der Waals surface area (Å²) in [5.74, 6) is 0.631. The molecule has 0 saturated carbocycles. The van der Waals surface area contributed by atoms with Gasteiger partial charge in [-0.3, -0.25) is 0 Å². The van der Waals surface area contributed by atoms with Gasteiger partial charge in [-0.05, 0) is 24.3 Å². The highest BCUT2D eigenvalue weighted by Gasteiger charge is 2.40. The average molecular weight is 460 g/mol. The lowest BCUT2D eigenvalue weighted by Crippen LogP contribution is -2.49. The number of piperazine rings is 1. The topological polar surface area (TPSA) is 76.6 Å². The number of fused-ring (bicyclic) bond motifs is 1. The Labute approximate surface area is 188 Å². The van der Waals surface area contributed by atoms with Crippen molar-refractivity contribution >= 4 is 11.5 Å². The number of hydrogen-bond acceptors (Lipinski definition) is 7. The van der Waals surface area contributed by atoms with Crippen LogP contribution in [0.2, 0.25) is 0 Å². The molecule has 0 N–H and O–H groups in total. The van der Waals surface area contributed by atoms with E-state index in [-0.39, 0.29) is 5.82 Å². The molecular formula is C21H23F3N8O. The van der Waals surface area contributed by atoms with Crippen molar-refractivity contribution in [2.75, 3.05) is 37.7 Å². The van der Waals surface area contributed by atoms with Gasteiger partial charge in [0, 0.05) is 57.1 Å². The van der Waals surface area contributed by atoms with Crippen LogP contribution in [0.4, 0.5) is 18.9 Å². The van der Waals surface area contributed by atoms with Crippen LogP contribution < -0.4 is 9.64 Å². The molecule has 1 aromatic carbocycles. The molecule has 0 aliphatic carbocycles. The fourth-order valence-electron chi connectivity index (χ4n) is 4.02. The molecule has 4 heterocycles. The summed E-state index contributed by atoms with van der Waals surface area (Å²) >= 11 is 0. The van der Waals surface area contributed by atoms with Gasteiger partial charge in [0.25, 0.3) is 5.82 Å². The molecule has 0 bridgehead atoms. The number of anilines is 1. The Morgan fingerprint density at radius 1 is 0.939 bits per heavy atom. The highest BCUT2D eigenvalue weighted by molar-refractivity contribution is 5.83. The molecule has 9 nitrogen and oxygen atoms in total. The van der Waals surface area contributed by atoms with Crippen molar-refractivity contribution in [3.05, 3.63) is 54.6 Å². The fraction of sp³-hybridized carbons (Fsp3) is 0.429. The summed E-state index contributed by atoms with van der Waals surface area (Å²) in [6.45, 7) is 4.15. The van der Waals surface area contributed by atoms with Crippen molar-refractivity contribution in [2.24, 2.45) is 5.10 Å². The molecule has 0 spiro atoms. The van der Waals surface area contributed by atoms with Gasteiger partial charge in [-0.25, -0.2) is 4.98 Å². The Morgan fingerprint density at radius 3 is 2.39 bits per heavy atom. The van der Waals surface area contributed by atoms with E-state index in [0.29, 0.717) is 38.4 Å². The minimum atomic E-state index is -4.58. The summed E-state index contributed by atoms with van der Waals surface area (Å²) in [6.07, 6.45) is 1.76. The number of aromatic nitrogens is 5. The molecule has 5 rings (SSSR count). The standard InChI is InChI=1S/C21H23F3N8O/c22-21(23,24)20-27-26-18-5-6-19(28-32(18)20)31-11-9-30(10-12-31)16-1-3-17(4-2-16)33-14-13-29-8-7-25-15-29/h1-4,7-8,15H,5-6,9-14H2. The first-order chi connectivity index (χ1) is 16.0. The number of nitrogens with zero attached hydrogens (tertiary/aromatic N) is 8. The van der Waals surface area contributed by atoms with E-state index in [1.807, 2.05) is 39.9 Å². The molecule has 0 radical (unpaired) electrons. The van der Waals surface area contributed by atoms with Gasteiger partial charge in [0.15, 0.2) is 5.82 Å². The van der Waals surface area contributed by atoms with Crippen molar-refractivity contribution < 1.29 is 17.9 Å². The van der Waals surface area contributed by atoms with Gasteiger partial charge in [-0.1, -0.05) is 0 Å². The minimum Gasteiger partial charge on any atom is -0.492 e. The predicted octanol–water partition coefficient (Wildman–Crippen LogP) is 2.50. The highest BCUT2D eigenvalue weighted by atomic mass is 19.4. The van der Waals surface area contributed by atoms with E-state index >= 15 is 0 Å². The van der Waals surface area contributed by atoms with Crippen molar-refractivity contribution in [2.45, 2.75) is 25.6 Å². The first-order valence-corrected chi connectivity index (χ1v) is 10.8. The third-order valence-corrected chi connectivity index (χ3v) is 5.77. The van der Waals surface area contributed by atoms with Crippen LogP contribution in [-0.2, 0) is 19.1 Å². The number of imidazole rings is 1. The monoisotopic (exact) mass is 460 g/mol. The lowest BCUT2D eigenvalue weighted by Gasteiger charge is -2.38. The summed E-state index contributed by atoms with van der Waals surface area (Å²) in [5.41, 5.74) is 1.09. The van der Waals surface area contributed by atoms with Gasteiger partial charge in [0.05, 0.1) is 12.9 Å². The third kappa shape index (κ3) is 4.64. The molecule has 12 heteroatoms. The van der Waals surface area contributed by atoms with Gasteiger partial charge in [-0.2, -0.15) is 22.9 Å². The SMILES string of the molecule is FC(F)(F)c1nnc2n1N=C(N1CCN(c3ccc(OCCn4ccnc4)cc3)CC1)CC2. The van der Waals surface area contributed by atoms with Crippen LogP contribution in [0, 0.1) is 0 Å². The quantitative estimate of drug-likeness (QED) is 0.583. The number of hydrogen-bond donors (Lipinski definition) is 0. The second-order valence-electron chi connectivity index (χ2n) is 7.88. The van der Waals surface area contributed by atoms with E-state index in [9.17, 15) is 13.2 Å². The Morgan fingerprint density at radius 2 is 1.70 bits per heavy atom. The molecule has 1 fully saturated rings. The zero-order valence-corrected chi connectivity index (χ0v) is 17.8. The number of benzene rings is 1. The number of halogens is 3. The molecule has 0 amide bonds. The molecule has 1 saturated heterocycles. The van der Waals surface area contributed by atoms with Crippen LogP contribution in [0.25, 0.3) is 0 Å². The molecule has 0 unspecified atom stereocenters. The summed E-state index contributed by atoms with van der Waals surface area (Å²) in [5, 5.41) is 11.1. The molecule has 0 atom stereocenters. The molecule has 174 valence electrons. The van der Waals surface area contributed by atoms with Gasteiger partial charge in [-0.15, -0.1) is 10.2 Å². The summed E-state index contributed by atoms with van der Waals surface area (Å²) in [4.78, 5) is 8.31. The Hall–Kier alpha value is -3.57. The first kappa shape index (κ1) is 21.3. The zero-order chi connectivity index (χ0) is 22.8. The summed E-state index contributed by atoms with van der Waals surface area (Å²) in [6, 6.07) is 7.96. The van der Waals surface area contributed by atoms with Crippen LogP contribution in [0.1, 0.15) is 18.1 Å². The van der Waals surface area contributed by atoms with E-state index in [2.05, 4.69) is 25.2 Å². The Balaban J connectivity index is 1.16. The van der Waals surface area contributed by atoms with Gasteiger partial charge < -0.3 is 19.1 Å². The van der Waals surface area contributed by atoms with E-state index in [1.165, 1.54) is 0 Å². The lowest BCUT2D eigenvalue weighted by molar-refractivity contribution is -0.147. The van der Waals surface area contributed by atoms with Crippen molar-refractivity contribution in [1.29, 1.82) is 0 Å². The predicted molar refractivity (Wildman–Crippen MR) is 114 cm³/mol. The van der Waals surface area contributed by atoms with Gasteiger partial charge in [0.2, 0.25) is 0 Å². The number of ether oxygens (including phenoxy) is 1. The number of aryl methyl sites for hydroxylation is 1. The molecule has 2 aliphatic rings. The third-order valence-electron chi connectivity index (χ3n) is 5.77. The number of alkyl halides is 3. The van der Waals surface area contributed by atoms with E-state index in [0.717, 1.165) is 35.7 Å². The summed E-state index contributed by atoms with van der Waals surface area (Å²) in [7, 11) is 0. The van der Waals surface area contributed by atoms with Crippen molar-refractivity contribution in [3.8, 4) is 5.75 Å². The van der Waals surface area contributed by atoms with Crippen molar-refractivity contribution in [1.82, 2.24) is 29.3 Å². The number of amidine groups is 1. The zero-order valence-electron chi connectivity index (χ0n) is 17.8. The van der Waals surface area contributed by atoms with Gasteiger partial charge >= 0.3 is 6.18 Å². The smallest absolute Gasteiger partial charge is 0.453 e. The molecule has 33 heavy (non-hydrogen) atoms. The maximum atomic E-state index is 13.2. The molecule has 3 aromatic rings. The average Bonchev–Trinajstić information content (AvgIpc) is 3.49. The second kappa shape index (κ2) is 8.75. The van der Waals surface area contributed by atoms with E-state index in [1.54, 1.807) is 12.5 Å². The number of rotatable bonds is 5. The maximum absolute atomic E-state index is 13.2.